The minimum atomic E-state index is -1.03. The number of non-ortho nitro benzene ring substituents is 1. The maximum absolute atomic E-state index is 12.1. The number of nitro benzene ring substituents is 1. The summed E-state index contributed by atoms with van der Waals surface area (Å²) in [5.74, 6) is 0. The topological polar surface area (TPSA) is 86.5 Å². The number of amides is 1. The SMILES string of the molecule is CC1CN(Cc2ccc([N+](=O)[O-])cc2)CC(C)[N+]1(C(=O)[O-])C(C)(C)C. The van der Waals surface area contributed by atoms with Crippen molar-refractivity contribution in [3.63, 3.8) is 0 Å². The summed E-state index contributed by atoms with van der Waals surface area (Å²) in [5, 5.41) is 22.8. The van der Waals surface area contributed by atoms with Gasteiger partial charge in [0.05, 0.1) is 23.6 Å². The van der Waals surface area contributed by atoms with Gasteiger partial charge in [-0.3, -0.25) is 19.5 Å². The molecule has 0 aliphatic carbocycles. The Morgan fingerprint density at radius 1 is 1.20 bits per heavy atom. The third-order valence-corrected chi connectivity index (χ3v) is 5.40. The van der Waals surface area contributed by atoms with E-state index < -0.39 is 16.6 Å². The Morgan fingerprint density at radius 2 is 1.68 bits per heavy atom. The zero-order valence-corrected chi connectivity index (χ0v) is 15.6. The van der Waals surface area contributed by atoms with Crippen molar-refractivity contribution >= 4 is 11.8 Å². The molecule has 2 unspecified atom stereocenters. The van der Waals surface area contributed by atoms with Crippen LogP contribution >= 0.6 is 0 Å². The molecule has 2 atom stereocenters. The highest BCUT2D eigenvalue weighted by atomic mass is 16.6. The number of nitro groups is 1. The lowest BCUT2D eigenvalue weighted by atomic mass is 9.91. The number of benzene rings is 1. The maximum Gasteiger partial charge on any atom is 0.269 e. The normalized spacial score (nSPS) is 27.9. The molecule has 1 fully saturated rings. The highest BCUT2D eigenvalue weighted by Gasteiger charge is 2.54. The molecule has 0 aromatic heterocycles. The van der Waals surface area contributed by atoms with Crippen LogP contribution in [0, 0.1) is 10.1 Å². The standard InChI is InChI=1S/C18H27N3O4/c1-13-10-19(12-15-6-8-16(9-7-15)20(24)25)11-14(2)21(13,17(22)23)18(3,4)5/h6-9,13-14H,10-12H2,1-5H3. The Labute approximate surface area is 148 Å². The van der Waals surface area contributed by atoms with Crippen LogP contribution in [0.1, 0.15) is 40.2 Å². The van der Waals surface area contributed by atoms with E-state index in [0.717, 1.165) is 5.56 Å². The molecule has 1 aliphatic heterocycles. The summed E-state index contributed by atoms with van der Waals surface area (Å²) in [6.45, 7) is 11.7. The van der Waals surface area contributed by atoms with Crippen LogP contribution in [-0.2, 0) is 6.54 Å². The molecular formula is C18H27N3O4. The van der Waals surface area contributed by atoms with Gasteiger partial charge in [0.15, 0.2) is 0 Å². The molecule has 0 N–H and O–H groups in total. The predicted molar refractivity (Wildman–Crippen MR) is 92.7 cm³/mol. The quantitative estimate of drug-likeness (QED) is 0.474. The maximum atomic E-state index is 12.1. The third kappa shape index (κ3) is 3.39. The molecule has 1 aromatic rings. The number of nitrogens with zero attached hydrogens (tertiary/aromatic N) is 3. The first-order chi connectivity index (χ1) is 11.5. The lowest BCUT2D eigenvalue weighted by molar-refractivity contribution is -0.963. The van der Waals surface area contributed by atoms with Crippen molar-refractivity contribution in [2.75, 3.05) is 13.1 Å². The molecule has 138 valence electrons. The molecule has 1 aromatic carbocycles. The van der Waals surface area contributed by atoms with Crippen LogP contribution in [0.2, 0.25) is 0 Å². The van der Waals surface area contributed by atoms with Gasteiger partial charge in [-0.25, -0.2) is 0 Å². The number of hydrogen-bond donors (Lipinski definition) is 0. The third-order valence-electron chi connectivity index (χ3n) is 5.40. The highest BCUT2D eigenvalue weighted by molar-refractivity contribution is 5.55. The Bertz CT molecular complexity index is 639. The van der Waals surface area contributed by atoms with Gasteiger partial charge < -0.3 is 9.90 Å². The minimum Gasteiger partial charge on any atom is -0.498 e. The molecule has 0 saturated carbocycles. The van der Waals surface area contributed by atoms with E-state index >= 15 is 0 Å². The van der Waals surface area contributed by atoms with Gasteiger partial charge in [0.2, 0.25) is 0 Å². The van der Waals surface area contributed by atoms with Crippen molar-refractivity contribution < 1.29 is 19.3 Å². The molecule has 7 nitrogen and oxygen atoms in total. The Hall–Kier alpha value is -1.99. The van der Waals surface area contributed by atoms with Crippen molar-refractivity contribution in [1.29, 1.82) is 0 Å². The summed E-state index contributed by atoms with van der Waals surface area (Å²) in [7, 11) is 0. The van der Waals surface area contributed by atoms with E-state index in [1.165, 1.54) is 12.1 Å². The Balaban J connectivity index is 2.19. The van der Waals surface area contributed by atoms with Gasteiger partial charge in [0.1, 0.15) is 12.1 Å². The van der Waals surface area contributed by atoms with E-state index in [1.807, 2.05) is 34.6 Å². The number of carbonyl (C=O) groups excluding carboxylic acids is 1. The summed E-state index contributed by atoms with van der Waals surface area (Å²) in [6.07, 6.45) is -1.03. The monoisotopic (exact) mass is 349 g/mol. The average molecular weight is 349 g/mol. The lowest BCUT2D eigenvalue weighted by Gasteiger charge is -2.59. The van der Waals surface area contributed by atoms with Crippen LogP contribution in [0.5, 0.6) is 0 Å². The molecule has 0 spiro atoms. The van der Waals surface area contributed by atoms with E-state index in [0.29, 0.717) is 19.6 Å². The van der Waals surface area contributed by atoms with Gasteiger partial charge in [-0.1, -0.05) is 12.1 Å². The fraction of sp³-hybridized carbons (Fsp3) is 0.611. The molecule has 0 radical (unpaired) electrons. The number of piperazine rings is 1. The van der Waals surface area contributed by atoms with E-state index in [2.05, 4.69) is 4.90 Å². The molecule has 25 heavy (non-hydrogen) atoms. The van der Waals surface area contributed by atoms with Crippen molar-refractivity contribution in [2.24, 2.45) is 0 Å². The molecule has 0 bridgehead atoms. The van der Waals surface area contributed by atoms with Gasteiger partial charge >= 0.3 is 0 Å². The summed E-state index contributed by atoms with van der Waals surface area (Å²) in [5.41, 5.74) is 0.593. The fourth-order valence-corrected chi connectivity index (χ4v) is 4.58. The van der Waals surface area contributed by atoms with Crippen LogP contribution in [0.4, 0.5) is 10.5 Å². The zero-order valence-electron chi connectivity index (χ0n) is 15.6. The molecule has 7 heteroatoms. The molecule has 1 aliphatic rings. The van der Waals surface area contributed by atoms with Crippen LogP contribution in [-0.4, -0.2) is 51.1 Å². The fourth-order valence-electron chi connectivity index (χ4n) is 4.58. The van der Waals surface area contributed by atoms with Gasteiger partial charge in [0, 0.05) is 18.7 Å². The van der Waals surface area contributed by atoms with Gasteiger partial charge in [-0.05, 0) is 40.2 Å². The predicted octanol–water partition coefficient (Wildman–Crippen LogP) is 2.15. The summed E-state index contributed by atoms with van der Waals surface area (Å²) in [4.78, 5) is 24.6. The number of quaternary nitrogens is 1. The van der Waals surface area contributed by atoms with Crippen LogP contribution < -0.4 is 5.11 Å². The van der Waals surface area contributed by atoms with Gasteiger partial charge in [-0.15, -0.1) is 0 Å². The second kappa shape index (κ2) is 6.72. The van der Waals surface area contributed by atoms with Crippen molar-refractivity contribution in [2.45, 2.75) is 58.8 Å². The van der Waals surface area contributed by atoms with E-state index in [9.17, 15) is 20.0 Å². The van der Waals surface area contributed by atoms with Crippen LogP contribution in [0.25, 0.3) is 0 Å². The smallest absolute Gasteiger partial charge is 0.269 e. The first-order valence-corrected chi connectivity index (χ1v) is 8.56. The lowest BCUT2D eigenvalue weighted by Crippen LogP contribution is -2.79. The molecule has 1 saturated heterocycles. The van der Waals surface area contributed by atoms with E-state index in [1.54, 1.807) is 12.1 Å². The summed E-state index contributed by atoms with van der Waals surface area (Å²) in [6, 6.07) is 6.28. The molecule has 1 heterocycles. The Kier molecular flexibility index (Phi) is 5.20. The van der Waals surface area contributed by atoms with Crippen molar-refractivity contribution in [3.05, 3.63) is 39.9 Å². The number of carboxylic acid groups (broad SMARTS) is 1. The van der Waals surface area contributed by atoms with Crippen molar-refractivity contribution in [1.82, 2.24) is 4.90 Å². The van der Waals surface area contributed by atoms with Gasteiger partial charge in [-0.2, -0.15) is 0 Å². The molecular weight excluding hydrogens is 322 g/mol. The number of carbonyl (C=O) groups is 1. The number of hydrogen-bond acceptors (Lipinski definition) is 5. The molecule has 1 amide bonds. The minimum absolute atomic E-state index is 0.0657. The zero-order chi connectivity index (χ0) is 19.0. The Morgan fingerprint density at radius 3 is 2.04 bits per heavy atom. The van der Waals surface area contributed by atoms with E-state index in [4.69, 9.17) is 0 Å². The van der Waals surface area contributed by atoms with E-state index in [-0.39, 0.29) is 22.3 Å². The first-order valence-electron chi connectivity index (χ1n) is 8.56. The largest absolute Gasteiger partial charge is 0.498 e. The second-order valence-corrected chi connectivity index (χ2v) is 8.03. The highest BCUT2D eigenvalue weighted by Crippen LogP contribution is 2.36. The second-order valence-electron chi connectivity index (χ2n) is 8.03. The van der Waals surface area contributed by atoms with Crippen molar-refractivity contribution in [3.8, 4) is 0 Å². The van der Waals surface area contributed by atoms with Crippen LogP contribution in [0.15, 0.2) is 24.3 Å². The first kappa shape index (κ1) is 19.3. The molecule has 2 rings (SSSR count). The van der Waals surface area contributed by atoms with Gasteiger partial charge in [0.25, 0.3) is 11.8 Å². The van der Waals surface area contributed by atoms with Crippen LogP contribution in [0.3, 0.4) is 0 Å². The number of rotatable bonds is 3. The summed E-state index contributed by atoms with van der Waals surface area (Å²) < 4.78 is -0.0657. The summed E-state index contributed by atoms with van der Waals surface area (Å²) >= 11 is 0. The average Bonchev–Trinajstić information content (AvgIpc) is 2.45.